The Labute approximate surface area is 129 Å². The summed E-state index contributed by atoms with van der Waals surface area (Å²) in [4.78, 5) is 9.46. The maximum atomic E-state index is 4.80. The maximum Gasteiger partial charge on any atom is 0.138 e. The Bertz CT molecular complexity index is 514. The lowest BCUT2D eigenvalue weighted by Gasteiger charge is -2.23. The molecule has 1 aromatic rings. The monoisotopic (exact) mass is 290 g/mol. The molecule has 0 aliphatic heterocycles. The molecule has 1 aromatic heterocycles. The van der Waals surface area contributed by atoms with Crippen LogP contribution in [0.3, 0.4) is 0 Å². The van der Waals surface area contributed by atoms with Gasteiger partial charge in [-0.2, -0.15) is 0 Å². The van der Waals surface area contributed by atoms with E-state index in [0.29, 0.717) is 11.5 Å². The molecule has 0 radical (unpaired) electrons. The molecule has 1 aliphatic carbocycles. The van der Waals surface area contributed by atoms with E-state index >= 15 is 0 Å². The molecule has 2 rings (SSSR count). The number of anilines is 2. The molecule has 21 heavy (non-hydrogen) atoms. The second-order valence-corrected chi connectivity index (χ2v) is 8.12. The van der Waals surface area contributed by atoms with Crippen molar-refractivity contribution in [1.82, 2.24) is 9.97 Å². The number of nitrogens with zero attached hydrogens (tertiary/aromatic N) is 2. The fraction of sp³-hybridized carbons (Fsp3) is 0.765. The molecule has 4 nitrogen and oxygen atoms in total. The molecular formula is C17H30N4. The van der Waals surface area contributed by atoms with Gasteiger partial charge in [-0.15, -0.1) is 0 Å². The Morgan fingerprint density at radius 2 is 1.76 bits per heavy atom. The molecule has 0 amide bonds. The third-order valence-corrected chi connectivity index (χ3v) is 4.36. The molecule has 0 aromatic carbocycles. The molecule has 0 spiro atoms. The van der Waals surface area contributed by atoms with Crippen LogP contribution in [0.4, 0.5) is 11.6 Å². The summed E-state index contributed by atoms with van der Waals surface area (Å²) in [7, 11) is 1.92. The SMILES string of the molecule is CNc1nc(C(C)(C)C)nc(NC2CCC(C)(C)C2)c1C. The van der Waals surface area contributed by atoms with Crippen molar-refractivity contribution < 1.29 is 0 Å². The Hall–Kier alpha value is -1.32. The molecule has 118 valence electrons. The third-order valence-electron chi connectivity index (χ3n) is 4.36. The molecule has 0 bridgehead atoms. The highest BCUT2D eigenvalue weighted by molar-refractivity contribution is 5.57. The molecular weight excluding hydrogens is 260 g/mol. The molecule has 1 unspecified atom stereocenters. The van der Waals surface area contributed by atoms with Crippen LogP contribution in [0.1, 0.15) is 65.3 Å². The van der Waals surface area contributed by atoms with Gasteiger partial charge >= 0.3 is 0 Å². The van der Waals surface area contributed by atoms with Crippen LogP contribution in [0.5, 0.6) is 0 Å². The Morgan fingerprint density at radius 3 is 2.24 bits per heavy atom. The van der Waals surface area contributed by atoms with Crippen molar-refractivity contribution >= 4 is 11.6 Å². The summed E-state index contributed by atoms with van der Waals surface area (Å²) in [5.74, 6) is 2.80. The molecule has 1 heterocycles. The highest BCUT2D eigenvalue weighted by Gasteiger charge is 2.31. The predicted molar refractivity (Wildman–Crippen MR) is 90.1 cm³/mol. The van der Waals surface area contributed by atoms with Gasteiger partial charge in [0.15, 0.2) is 0 Å². The Kier molecular flexibility index (Phi) is 4.18. The molecule has 2 N–H and O–H groups in total. The molecule has 1 atom stereocenters. The van der Waals surface area contributed by atoms with Crippen molar-refractivity contribution in [3.05, 3.63) is 11.4 Å². The largest absolute Gasteiger partial charge is 0.373 e. The lowest BCUT2D eigenvalue weighted by atomic mass is 9.92. The summed E-state index contributed by atoms with van der Waals surface area (Å²) in [6.07, 6.45) is 3.70. The first-order valence-corrected chi connectivity index (χ1v) is 7.96. The van der Waals surface area contributed by atoms with Crippen LogP contribution in [0.2, 0.25) is 0 Å². The Morgan fingerprint density at radius 1 is 1.14 bits per heavy atom. The summed E-state index contributed by atoms with van der Waals surface area (Å²) in [5.41, 5.74) is 1.50. The zero-order valence-electron chi connectivity index (χ0n) is 14.6. The fourth-order valence-electron chi connectivity index (χ4n) is 2.99. The van der Waals surface area contributed by atoms with Crippen LogP contribution in [0, 0.1) is 12.3 Å². The second-order valence-electron chi connectivity index (χ2n) is 8.12. The number of hydrogen-bond acceptors (Lipinski definition) is 4. The number of aromatic nitrogens is 2. The minimum atomic E-state index is -0.0509. The van der Waals surface area contributed by atoms with E-state index < -0.39 is 0 Å². The van der Waals surface area contributed by atoms with E-state index in [1.807, 2.05) is 7.05 Å². The summed E-state index contributed by atoms with van der Waals surface area (Å²) < 4.78 is 0. The first kappa shape index (κ1) is 16.1. The molecule has 0 saturated heterocycles. The molecule has 4 heteroatoms. The normalized spacial score (nSPS) is 21.4. The van der Waals surface area contributed by atoms with Gasteiger partial charge in [-0.25, -0.2) is 9.97 Å². The van der Waals surface area contributed by atoms with Crippen molar-refractivity contribution in [3.8, 4) is 0 Å². The van der Waals surface area contributed by atoms with Gasteiger partial charge in [0, 0.05) is 24.1 Å². The van der Waals surface area contributed by atoms with Gasteiger partial charge in [0.25, 0.3) is 0 Å². The van der Waals surface area contributed by atoms with E-state index in [-0.39, 0.29) is 5.41 Å². The number of rotatable bonds is 3. The minimum Gasteiger partial charge on any atom is -0.373 e. The number of nitrogens with one attached hydrogen (secondary N) is 2. The van der Waals surface area contributed by atoms with E-state index in [2.05, 4.69) is 57.2 Å². The van der Waals surface area contributed by atoms with Gasteiger partial charge in [0.2, 0.25) is 0 Å². The summed E-state index contributed by atoms with van der Waals surface area (Å²) >= 11 is 0. The average Bonchev–Trinajstić information content (AvgIpc) is 2.70. The van der Waals surface area contributed by atoms with E-state index in [1.54, 1.807) is 0 Å². The summed E-state index contributed by atoms with van der Waals surface area (Å²) in [6.45, 7) is 13.2. The van der Waals surface area contributed by atoms with Crippen LogP contribution >= 0.6 is 0 Å². The highest BCUT2D eigenvalue weighted by atomic mass is 15.1. The van der Waals surface area contributed by atoms with E-state index in [4.69, 9.17) is 4.98 Å². The zero-order valence-corrected chi connectivity index (χ0v) is 14.6. The maximum absolute atomic E-state index is 4.80. The molecule has 1 saturated carbocycles. The van der Waals surface area contributed by atoms with Gasteiger partial charge in [-0.3, -0.25) is 0 Å². The minimum absolute atomic E-state index is 0.0509. The van der Waals surface area contributed by atoms with Gasteiger partial charge in [0.05, 0.1) is 0 Å². The van der Waals surface area contributed by atoms with Crippen molar-refractivity contribution in [2.24, 2.45) is 5.41 Å². The smallest absolute Gasteiger partial charge is 0.138 e. The van der Waals surface area contributed by atoms with Gasteiger partial charge < -0.3 is 10.6 Å². The predicted octanol–water partition coefficient (Wildman–Crippen LogP) is 4.11. The second kappa shape index (κ2) is 5.47. The van der Waals surface area contributed by atoms with Crippen LogP contribution in [0.25, 0.3) is 0 Å². The lowest BCUT2D eigenvalue weighted by Crippen LogP contribution is -2.23. The van der Waals surface area contributed by atoms with E-state index in [9.17, 15) is 0 Å². The average molecular weight is 290 g/mol. The molecule has 1 aliphatic rings. The van der Waals surface area contributed by atoms with Crippen LogP contribution in [-0.2, 0) is 5.41 Å². The van der Waals surface area contributed by atoms with Crippen molar-refractivity contribution in [2.75, 3.05) is 17.7 Å². The summed E-state index contributed by atoms with van der Waals surface area (Å²) in [5, 5.41) is 6.86. The van der Waals surface area contributed by atoms with Gasteiger partial charge in [-0.1, -0.05) is 34.6 Å². The molecule has 1 fully saturated rings. The zero-order chi connectivity index (χ0) is 15.8. The standard InChI is InChI=1S/C17H30N4/c1-11-13(18-7)20-15(16(2,3)4)21-14(11)19-12-8-9-17(5,6)10-12/h12H,8-10H2,1-7H3,(H2,18,19,20,21). The van der Waals surface area contributed by atoms with Crippen LogP contribution in [0.15, 0.2) is 0 Å². The van der Waals surface area contributed by atoms with Crippen LogP contribution < -0.4 is 10.6 Å². The van der Waals surface area contributed by atoms with E-state index in [1.165, 1.54) is 19.3 Å². The van der Waals surface area contributed by atoms with Crippen molar-refractivity contribution in [1.29, 1.82) is 0 Å². The van der Waals surface area contributed by atoms with Crippen molar-refractivity contribution in [2.45, 2.75) is 72.3 Å². The lowest BCUT2D eigenvalue weighted by molar-refractivity contribution is 0.378. The summed E-state index contributed by atoms with van der Waals surface area (Å²) in [6, 6.07) is 0.520. The highest BCUT2D eigenvalue weighted by Crippen LogP contribution is 2.38. The number of hydrogen-bond donors (Lipinski definition) is 2. The topological polar surface area (TPSA) is 49.8 Å². The van der Waals surface area contributed by atoms with E-state index in [0.717, 1.165) is 23.0 Å². The first-order chi connectivity index (χ1) is 9.62. The van der Waals surface area contributed by atoms with Gasteiger partial charge in [0.1, 0.15) is 17.5 Å². The Balaban J connectivity index is 2.30. The van der Waals surface area contributed by atoms with Gasteiger partial charge in [-0.05, 0) is 31.6 Å². The quantitative estimate of drug-likeness (QED) is 0.879. The first-order valence-electron chi connectivity index (χ1n) is 7.96. The fourth-order valence-corrected chi connectivity index (χ4v) is 2.99. The van der Waals surface area contributed by atoms with Crippen molar-refractivity contribution in [3.63, 3.8) is 0 Å². The van der Waals surface area contributed by atoms with Crippen LogP contribution in [-0.4, -0.2) is 23.1 Å². The third kappa shape index (κ3) is 3.66.